The van der Waals surface area contributed by atoms with Crippen LogP contribution in [0.15, 0.2) is 41.6 Å². The van der Waals surface area contributed by atoms with E-state index in [4.69, 9.17) is 9.31 Å². The van der Waals surface area contributed by atoms with Crippen molar-refractivity contribution >= 4 is 7.12 Å². The predicted octanol–water partition coefficient (Wildman–Crippen LogP) is 2.83. The van der Waals surface area contributed by atoms with Gasteiger partial charge in [-0.2, -0.15) is 0 Å². The van der Waals surface area contributed by atoms with Crippen molar-refractivity contribution in [1.82, 2.24) is 0 Å². The highest BCUT2D eigenvalue weighted by molar-refractivity contribution is 6.55. The smallest absolute Gasteiger partial charge is 0.399 e. The summed E-state index contributed by atoms with van der Waals surface area (Å²) < 4.78 is 11.9. The molecule has 0 aromatic rings. The third-order valence-electron chi connectivity index (χ3n) is 3.38. The highest BCUT2D eigenvalue weighted by Crippen LogP contribution is 2.38. The molecule has 0 saturated carbocycles. The van der Waals surface area contributed by atoms with Crippen molar-refractivity contribution in [1.29, 1.82) is 0 Å². The van der Waals surface area contributed by atoms with Crippen LogP contribution in [-0.4, -0.2) is 18.3 Å². The fraction of sp³-hybridized carbons (Fsp3) is 0.462. The van der Waals surface area contributed by atoms with E-state index < -0.39 is 0 Å². The maximum Gasteiger partial charge on any atom is 0.494 e. The van der Waals surface area contributed by atoms with E-state index in [0.29, 0.717) is 0 Å². The van der Waals surface area contributed by atoms with Crippen molar-refractivity contribution < 1.29 is 9.31 Å². The van der Waals surface area contributed by atoms with Gasteiger partial charge in [-0.25, -0.2) is 0 Å². The molecule has 84 valence electrons. The Morgan fingerprint density at radius 1 is 1.06 bits per heavy atom. The lowest BCUT2D eigenvalue weighted by Crippen LogP contribution is -2.41. The summed E-state index contributed by atoms with van der Waals surface area (Å²) in [6.07, 6.45) is 9.66. The van der Waals surface area contributed by atoms with Gasteiger partial charge < -0.3 is 9.31 Å². The standard InChI is InChI=1S/C13H17BO2/c1-12(2)13(3,4)16-14(15-12)11-9-7-5-6-8-10-11/h5,7-10H,1-4H3. The van der Waals surface area contributed by atoms with Crippen LogP contribution in [0.3, 0.4) is 0 Å². The van der Waals surface area contributed by atoms with Crippen molar-refractivity contribution in [3.8, 4) is 0 Å². The van der Waals surface area contributed by atoms with Crippen LogP contribution >= 0.6 is 0 Å². The first-order chi connectivity index (χ1) is 7.42. The van der Waals surface area contributed by atoms with E-state index in [1.807, 2.05) is 30.4 Å². The molecule has 2 aliphatic rings. The van der Waals surface area contributed by atoms with Gasteiger partial charge in [0.15, 0.2) is 0 Å². The lowest BCUT2D eigenvalue weighted by Gasteiger charge is -2.32. The predicted molar refractivity (Wildman–Crippen MR) is 66.0 cm³/mol. The summed E-state index contributed by atoms with van der Waals surface area (Å²) in [5.41, 5.74) is 3.48. The molecule has 2 rings (SSSR count). The molecule has 0 bridgehead atoms. The van der Waals surface area contributed by atoms with Gasteiger partial charge in [0.05, 0.1) is 11.2 Å². The fourth-order valence-corrected chi connectivity index (χ4v) is 1.61. The number of hydrogen-bond donors (Lipinski definition) is 0. The minimum absolute atomic E-state index is 0.282. The summed E-state index contributed by atoms with van der Waals surface area (Å²) in [5, 5.41) is 0. The molecule has 16 heavy (non-hydrogen) atoms. The van der Waals surface area contributed by atoms with Crippen molar-refractivity contribution in [2.75, 3.05) is 0 Å². The minimum Gasteiger partial charge on any atom is -0.399 e. The zero-order valence-corrected chi connectivity index (χ0v) is 10.3. The Bertz CT molecular complexity index is 394. The average molecular weight is 216 g/mol. The molecular formula is C13H17BO2. The van der Waals surface area contributed by atoms with Crippen LogP contribution < -0.4 is 0 Å². The van der Waals surface area contributed by atoms with Crippen molar-refractivity contribution in [3.05, 3.63) is 41.6 Å². The Labute approximate surface area is 97.5 Å². The summed E-state index contributed by atoms with van der Waals surface area (Å²) in [7, 11) is -0.286. The molecule has 1 saturated heterocycles. The first-order valence-electron chi connectivity index (χ1n) is 5.57. The van der Waals surface area contributed by atoms with Crippen molar-refractivity contribution in [2.45, 2.75) is 38.9 Å². The molecule has 1 aliphatic carbocycles. The molecule has 0 N–H and O–H groups in total. The van der Waals surface area contributed by atoms with Crippen molar-refractivity contribution in [2.24, 2.45) is 0 Å². The van der Waals surface area contributed by atoms with E-state index in [9.17, 15) is 0 Å². The van der Waals surface area contributed by atoms with E-state index >= 15 is 0 Å². The van der Waals surface area contributed by atoms with Crippen molar-refractivity contribution in [3.63, 3.8) is 0 Å². The second kappa shape index (κ2) is 3.78. The minimum atomic E-state index is -0.286. The monoisotopic (exact) mass is 216 g/mol. The first-order valence-corrected chi connectivity index (χ1v) is 5.57. The molecular weight excluding hydrogens is 199 g/mol. The van der Waals surface area contributed by atoms with E-state index in [1.54, 1.807) is 0 Å². The lowest BCUT2D eigenvalue weighted by molar-refractivity contribution is 0.00578. The molecule has 1 aliphatic heterocycles. The van der Waals surface area contributed by atoms with Gasteiger partial charge >= 0.3 is 7.12 Å². The molecule has 0 aromatic heterocycles. The van der Waals surface area contributed by atoms with Crippen LogP contribution in [0.25, 0.3) is 0 Å². The molecule has 2 nitrogen and oxygen atoms in total. The maximum absolute atomic E-state index is 5.96. The van der Waals surface area contributed by atoms with Gasteiger partial charge in [-0.1, -0.05) is 18.2 Å². The molecule has 0 radical (unpaired) electrons. The summed E-state index contributed by atoms with van der Waals surface area (Å²) >= 11 is 0. The highest BCUT2D eigenvalue weighted by Gasteiger charge is 2.51. The molecule has 1 heterocycles. The van der Waals surface area contributed by atoms with Crippen LogP contribution in [0.5, 0.6) is 0 Å². The Morgan fingerprint density at radius 2 is 1.69 bits per heavy atom. The Morgan fingerprint density at radius 3 is 2.31 bits per heavy atom. The molecule has 0 aromatic carbocycles. The lowest BCUT2D eigenvalue weighted by atomic mass is 9.78. The Balaban J connectivity index is 2.21. The third kappa shape index (κ3) is 1.94. The molecule has 0 spiro atoms. The zero-order chi connectivity index (χ0) is 11.8. The second-order valence-electron chi connectivity index (χ2n) is 5.11. The van der Waals surface area contributed by atoms with Crippen LogP contribution in [0, 0.1) is 0 Å². The van der Waals surface area contributed by atoms with Crippen LogP contribution in [-0.2, 0) is 9.31 Å². The number of hydrogen-bond acceptors (Lipinski definition) is 2. The number of rotatable bonds is 1. The van der Waals surface area contributed by atoms with E-state index in [-0.39, 0.29) is 18.3 Å². The van der Waals surface area contributed by atoms with Gasteiger partial charge in [0.25, 0.3) is 0 Å². The van der Waals surface area contributed by atoms with Crippen LogP contribution in [0.4, 0.5) is 0 Å². The largest absolute Gasteiger partial charge is 0.494 e. The first kappa shape index (κ1) is 11.5. The topological polar surface area (TPSA) is 18.5 Å². The fourth-order valence-electron chi connectivity index (χ4n) is 1.61. The van der Waals surface area contributed by atoms with Gasteiger partial charge in [-0.3, -0.25) is 0 Å². The van der Waals surface area contributed by atoms with Gasteiger partial charge in [0.1, 0.15) is 0 Å². The average Bonchev–Trinajstić information content (AvgIpc) is 2.42. The summed E-state index contributed by atoms with van der Waals surface area (Å²) in [5.74, 6) is 0. The van der Waals surface area contributed by atoms with E-state index in [1.165, 1.54) is 0 Å². The van der Waals surface area contributed by atoms with Gasteiger partial charge in [0.2, 0.25) is 0 Å². The summed E-state index contributed by atoms with van der Waals surface area (Å²) in [6.45, 7) is 8.23. The highest BCUT2D eigenvalue weighted by atomic mass is 16.7. The Kier molecular flexibility index (Phi) is 2.71. The summed E-state index contributed by atoms with van der Waals surface area (Å²) in [4.78, 5) is 0. The Hall–Kier alpha value is -1.02. The van der Waals surface area contributed by atoms with E-state index in [2.05, 4.69) is 33.4 Å². The molecule has 0 amide bonds. The number of allylic oxidation sites excluding steroid dienone is 5. The molecule has 0 atom stereocenters. The molecule has 0 unspecified atom stereocenters. The van der Waals surface area contributed by atoms with E-state index in [0.717, 1.165) is 5.47 Å². The van der Waals surface area contributed by atoms with Gasteiger partial charge in [-0.15, -0.1) is 5.73 Å². The molecule has 3 heteroatoms. The second-order valence-corrected chi connectivity index (χ2v) is 5.11. The third-order valence-corrected chi connectivity index (χ3v) is 3.38. The molecule has 1 fully saturated rings. The van der Waals surface area contributed by atoms with Gasteiger partial charge in [-0.05, 0) is 45.3 Å². The van der Waals surface area contributed by atoms with Crippen LogP contribution in [0.2, 0.25) is 0 Å². The van der Waals surface area contributed by atoms with Crippen LogP contribution in [0.1, 0.15) is 27.7 Å². The SMILES string of the molecule is CC1(C)OB(C2=CC=C=CC=C2)OC1(C)C. The quantitative estimate of drug-likeness (QED) is 0.495. The normalized spacial score (nSPS) is 25.8. The zero-order valence-electron chi connectivity index (χ0n) is 10.3. The maximum atomic E-state index is 5.96. The van der Waals surface area contributed by atoms with Gasteiger partial charge in [0, 0.05) is 0 Å². The summed E-state index contributed by atoms with van der Waals surface area (Å²) in [6, 6.07) is 0.